The van der Waals surface area contributed by atoms with Gasteiger partial charge in [-0.3, -0.25) is 9.97 Å². The Kier molecular flexibility index (Phi) is 5.02. The van der Waals surface area contributed by atoms with E-state index in [9.17, 15) is 0 Å². The van der Waals surface area contributed by atoms with E-state index >= 15 is 0 Å². The van der Waals surface area contributed by atoms with Gasteiger partial charge in [0.25, 0.3) is 0 Å². The van der Waals surface area contributed by atoms with Crippen LogP contribution >= 0.6 is 0 Å². The molecule has 0 amide bonds. The van der Waals surface area contributed by atoms with Gasteiger partial charge in [-0.15, -0.1) is 0 Å². The lowest BCUT2D eigenvalue weighted by Gasteiger charge is -2.33. The molecule has 4 nitrogen and oxygen atoms in total. The molecule has 1 aromatic rings. The summed E-state index contributed by atoms with van der Waals surface area (Å²) in [6.07, 6.45) is 5.89. The molecular formula is C13H23N3O. The number of aliphatic hydroxyl groups is 1. The Morgan fingerprint density at radius 2 is 2.06 bits per heavy atom. The molecule has 0 radical (unpaired) electrons. The molecule has 0 aromatic carbocycles. The van der Waals surface area contributed by atoms with Crippen molar-refractivity contribution in [2.24, 2.45) is 5.41 Å². The molecule has 0 aliphatic rings. The lowest BCUT2D eigenvalue weighted by molar-refractivity contribution is 0.187. The molecule has 17 heavy (non-hydrogen) atoms. The third-order valence-corrected chi connectivity index (χ3v) is 2.94. The second kappa shape index (κ2) is 6.07. The molecule has 0 spiro atoms. The van der Waals surface area contributed by atoms with Crippen LogP contribution in [0.3, 0.4) is 0 Å². The van der Waals surface area contributed by atoms with Crippen LogP contribution in [0, 0.1) is 5.41 Å². The van der Waals surface area contributed by atoms with Gasteiger partial charge in [0.2, 0.25) is 0 Å². The van der Waals surface area contributed by atoms with E-state index < -0.39 is 0 Å². The van der Waals surface area contributed by atoms with Gasteiger partial charge < -0.3 is 10.4 Å². The van der Waals surface area contributed by atoms with Gasteiger partial charge in [-0.05, 0) is 18.8 Å². The zero-order chi connectivity index (χ0) is 12.9. The van der Waals surface area contributed by atoms with Crippen molar-refractivity contribution in [3.05, 3.63) is 24.3 Å². The molecule has 96 valence electrons. The van der Waals surface area contributed by atoms with Crippen LogP contribution in [0.4, 0.5) is 0 Å². The molecule has 0 saturated carbocycles. The van der Waals surface area contributed by atoms with Crippen molar-refractivity contribution in [2.45, 2.75) is 46.2 Å². The van der Waals surface area contributed by atoms with E-state index in [1.165, 1.54) is 0 Å². The van der Waals surface area contributed by atoms with E-state index in [1.54, 1.807) is 18.6 Å². The van der Waals surface area contributed by atoms with E-state index in [0.29, 0.717) is 0 Å². The van der Waals surface area contributed by atoms with E-state index in [0.717, 1.165) is 12.1 Å². The molecule has 0 aliphatic carbocycles. The molecule has 4 heteroatoms. The Morgan fingerprint density at radius 3 is 2.53 bits per heavy atom. The monoisotopic (exact) mass is 237 g/mol. The molecule has 1 rings (SSSR count). The Morgan fingerprint density at radius 1 is 1.35 bits per heavy atom. The fourth-order valence-corrected chi connectivity index (χ4v) is 1.82. The number of rotatable bonds is 5. The Balaban J connectivity index is 2.68. The highest BCUT2D eigenvalue weighted by atomic mass is 16.3. The first-order chi connectivity index (χ1) is 7.95. The van der Waals surface area contributed by atoms with Crippen molar-refractivity contribution in [1.29, 1.82) is 0 Å². The number of nitrogens with zero attached hydrogens (tertiary/aromatic N) is 2. The maximum Gasteiger partial charge on any atom is 0.0753 e. The second-order valence-electron chi connectivity index (χ2n) is 5.45. The largest absolute Gasteiger partial charge is 0.396 e. The summed E-state index contributed by atoms with van der Waals surface area (Å²) in [7, 11) is 0. The number of aromatic nitrogens is 2. The van der Waals surface area contributed by atoms with Crippen LogP contribution in [-0.4, -0.2) is 27.7 Å². The first kappa shape index (κ1) is 14.1. The molecule has 2 unspecified atom stereocenters. The van der Waals surface area contributed by atoms with Crippen molar-refractivity contribution in [2.75, 3.05) is 6.61 Å². The highest BCUT2D eigenvalue weighted by molar-refractivity contribution is 5.01. The Labute approximate surface area is 103 Å². The summed E-state index contributed by atoms with van der Waals surface area (Å²) in [4.78, 5) is 8.36. The summed E-state index contributed by atoms with van der Waals surface area (Å²) in [5, 5.41) is 12.6. The summed E-state index contributed by atoms with van der Waals surface area (Å²) in [6.45, 7) is 8.78. The minimum absolute atomic E-state index is 0.110. The van der Waals surface area contributed by atoms with E-state index in [2.05, 4.69) is 43.0 Å². The Hall–Kier alpha value is -1.00. The minimum Gasteiger partial charge on any atom is -0.396 e. The molecule has 0 saturated heterocycles. The van der Waals surface area contributed by atoms with E-state index in [4.69, 9.17) is 5.11 Å². The van der Waals surface area contributed by atoms with E-state index in [1.807, 2.05) is 0 Å². The average Bonchev–Trinajstić information content (AvgIpc) is 2.28. The number of aliphatic hydroxyl groups excluding tert-OH is 1. The van der Waals surface area contributed by atoms with Crippen molar-refractivity contribution >= 4 is 0 Å². The highest BCUT2D eigenvalue weighted by Gasteiger charge is 2.25. The molecule has 2 N–H and O–H groups in total. The first-order valence-corrected chi connectivity index (χ1v) is 6.08. The minimum atomic E-state index is 0.110. The van der Waals surface area contributed by atoms with Crippen molar-refractivity contribution in [3.8, 4) is 0 Å². The molecule has 0 aliphatic heterocycles. The normalized spacial score (nSPS) is 15.6. The predicted octanol–water partition coefficient (Wildman–Crippen LogP) is 1.92. The highest BCUT2D eigenvalue weighted by Crippen LogP contribution is 2.24. The van der Waals surface area contributed by atoms with Crippen LogP contribution in [0.25, 0.3) is 0 Å². The van der Waals surface area contributed by atoms with Gasteiger partial charge in [0.05, 0.1) is 5.69 Å². The molecular weight excluding hydrogens is 214 g/mol. The predicted molar refractivity (Wildman–Crippen MR) is 68.5 cm³/mol. The van der Waals surface area contributed by atoms with Gasteiger partial charge in [-0.25, -0.2) is 0 Å². The Bertz CT molecular complexity index is 321. The van der Waals surface area contributed by atoms with Gasteiger partial charge >= 0.3 is 0 Å². The smallest absolute Gasteiger partial charge is 0.0753 e. The van der Waals surface area contributed by atoms with Gasteiger partial charge in [0.1, 0.15) is 0 Å². The van der Waals surface area contributed by atoms with Gasteiger partial charge in [-0.2, -0.15) is 0 Å². The molecule has 1 heterocycles. The molecule has 0 fully saturated rings. The quantitative estimate of drug-likeness (QED) is 0.821. The van der Waals surface area contributed by atoms with Gasteiger partial charge in [0.15, 0.2) is 0 Å². The zero-order valence-electron chi connectivity index (χ0n) is 11.1. The first-order valence-electron chi connectivity index (χ1n) is 6.08. The number of hydrogen-bond donors (Lipinski definition) is 2. The topological polar surface area (TPSA) is 58.0 Å². The SMILES string of the molecule is CC(NC(CCO)C(C)(C)C)c1cnccn1. The maximum atomic E-state index is 9.12. The third kappa shape index (κ3) is 4.40. The summed E-state index contributed by atoms with van der Waals surface area (Å²) in [5.41, 5.74) is 1.04. The molecule has 2 atom stereocenters. The molecule has 0 bridgehead atoms. The zero-order valence-corrected chi connectivity index (χ0v) is 11.1. The summed E-state index contributed by atoms with van der Waals surface area (Å²) in [6, 6.07) is 0.393. The van der Waals surface area contributed by atoms with Crippen LogP contribution in [0.1, 0.15) is 45.9 Å². The second-order valence-corrected chi connectivity index (χ2v) is 5.45. The van der Waals surface area contributed by atoms with Gasteiger partial charge in [-0.1, -0.05) is 20.8 Å². The van der Waals surface area contributed by atoms with Crippen LogP contribution in [0.15, 0.2) is 18.6 Å². The number of hydrogen-bond acceptors (Lipinski definition) is 4. The van der Waals surface area contributed by atoms with Gasteiger partial charge in [0, 0.05) is 37.3 Å². The van der Waals surface area contributed by atoms with Crippen molar-refractivity contribution in [3.63, 3.8) is 0 Å². The fourth-order valence-electron chi connectivity index (χ4n) is 1.82. The maximum absolute atomic E-state index is 9.12. The van der Waals surface area contributed by atoms with Crippen LogP contribution < -0.4 is 5.32 Å². The standard InChI is InChI=1S/C13H23N3O/c1-10(11-9-14-6-7-15-11)16-12(5-8-17)13(2,3)4/h6-7,9-10,12,16-17H,5,8H2,1-4H3. The van der Waals surface area contributed by atoms with Crippen molar-refractivity contribution in [1.82, 2.24) is 15.3 Å². The fraction of sp³-hybridized carbons (Fsp3) is 0.692. The average molecular weight is 237 g/mol. The van der Waals surface area contributed by atoms with Crippen LogP contribution in [0.2, 0.25) is 0 Å². The van der Waals surface area contributed by atoms with Crippen LogP contribution in [-0.2, 0) is 0 Å². The summed E-state index contributed by atoms with van der Waals surface area (Å²) in [5.74, 6) is 0. The van der Waals surface area contributed by atoms with Crippen LogP contribution in [0.5, 0.6) is 0 Å². The summed E-state index contributed by atoms with van der Waals surface area (Å²) >= 11 is 0. The molecule has 1 aromatic heterocycles. The van der Waals surface area contributed by atoms with E-state index in [-0.39, 0.29) is 24.1 Å². The van der Waals surface area contributed by atoms with Crippen molar-refractivity contribution < 1.29 is 5.11 Å². The lowest BCUT2D eigenvalue weighted by atomic mass is 9.84. The number of nitrogens with one attached hydrogen (secondary N) is 1. The third-order valence-electron chi connectivity index (χ3n) is 2.94. The summed E-state index contributed by atoms with van der Waals surface area (Å²) < 4.78 is 0. The lowest BCUT2D eigenvalue weighted by Crippen LogP contribution is -2.42.